The van der Waals surface area contributed by atoms with Crippen molar-refractivity contribution in [2.45, 2.75) is 51.1 Å². The van der Waals surface area contributed by atoms with Gasteiger partial charge in [-0.1, -0.05) is 111 Å². The second kappa shape index (κ2) is 12.6. The van der Waals surface area contributed by atoms with E-state index < -0.39 is 0 Å². The fourth-order valence-corrected chi connectivity index (χ4v) is 5.62. The predicted octanol–water partition coefficient (Wildman–Crippen LogP) is 8.47. The van der Waals surface area contributed by atoms with E-state index >= 15 is 0 Å². The molecule has 0 radical (unpaired) electrons. The Kier molecular flexibility index (Phi) is 8.52. The zero-order chi connectivity index (χ0) is 27.9. The van der Waals surface area contributed by atoms with Gasteiger partial charge in [0.2, 0.25) is 0 Å². The second-order valence-electron chi connectivity index (χ2n) is 10.6. The van der Waals surface area contributed by atoms with Crippen LogP contribution >= 0.6 is 0 Å². The minimum absolute atomic E-state index is 0.183. The van der Waals surface area contributed by atoms with Crippen LogP contribution in [0.3, 0.4) is 0 Å². The average molecular weight is 525 g/mol. The summed E-state index contributed by atoms with van der Waals surface area (Å²) in [6.07, 6.45) is 2.99. The number of aliphatic imine (C=N–C) groups is 2. The van der Waals surface area contributed by atoms with Gasteiger partial charge < -0.3 is 4.90 Å². The van der Waals surface area contributed by atoms with Crippen LogP contribution in [0.2, 0.25) is 0 Å². The first-order chi connectivity index (χ1) is 19.6. The van der Waals surface area contributed by atoms with Crippen molar-refractivity contribution in [2.24, 2.45) is 9.98 Å². The molecule has 0 saturated heterocycles. The largest absolute Gasteiger partial charge is 0.333 e. The molecule has 0 aliphatic carbocycles. The Morgan fingerprint density at radius 3 is 2.20 bits per heavy atom. The zero-order valence-electron chi connectivity index (χ0n) is 23.5. The van der Waals surface area contributed by atoms with Gasteiger partial charge in [0.25, 0.3) is 0 Å². The van der Waals surface area contributed by atoms with Crippen LogP contribution < -0.4 is 0 Å². The summed E-state index contributed by atoms with van der Waals surface area (Å²) in [6, 6.07) is 39.8. The van der Waals surface area contributed by atoms with Crippen molar-refractivity contribution in [2.75, 3.05) is 7.05 Å². The van der Waals surface area contributed by atoms with Crippen LogP contribution in [0.5, 0.6) is 0 Å². The number of nitrogens with zero attached hydrogens (tertiary/aromatic N) is 4. The first-order valence-corrected chi connectivity index (χ1v) is 14.2. The molecule has 0 bridgehead atoms. The van der Waals surface area contributed by atoms with Crippen LogP contribution in [0, 0.1) is 11.3 Å². The number of benzene rings is 4. The highest BCUT2D eigenvalue weighted by molar-refractivity contribution is 6.12. The highest BCUT2D eigenvalue weighted by Crippen LogP contribution is 2.37. The molecular weight excluding hydrogens is 488 g/mol. The Balaban J connectivity index is 1.48. The SMILES string of the molecule is CCC(CCC(C)c1cccc(C#N)c1)c1ccccc1C1N=C(c2ccccc2)N=C(c2ccccc2)N1C. The number of rotatable bonds is 9. The summed E-state index contributed by atoms with van der Waals surface area (Å²) in [6.45, 7) is 4.55. The minimum Gasteiger partial charge on any atom is -0.333 e. The molecule has 3 atom stereocenters. The van der Waals surface area contributed by atoms with Crippen molar-refractivity contribution in [3.05, 3.63) is 143 Å². The maximum absolute atomic E-state index is 9.33. The van der Waals surface area contributed by atoms with Gasteiger partial charge >= 0.3 is 0 Å². The zero-order valence-corrected chi connectivity index (χ0v) is 23.5. The van der Waals surface area contributed by atoms with E-state index in [0.717, 1.165) is 47.6 Å². The third kappa shape index (κ3) is 5.90. The standard InChI is InChI=1S/C36H36N4/c1-4-28(23-22-26(2)31-19-13-14-27(24-31)25-37)32-20-11-12-21-33(32)36-39-34(29-15-7-5-8-16-29)38-35(40(36)3)30-17-9-6-10-18-30/h5-21,24,26,28,36H,4,22-23H2,1-3H3. The molecule has 1 aliphatic rings. The fraction of sp³-hybridized carbons (Fsp3) is 0.250. The summed E-state index contributed by atoms with van der Waals surface area (Å²) >= 11 is 0. The molecule has 0 aromatic heterocycles. The molecule has 0 saturated carbocycles. The summed E-state index contributed by atoms with van der Waals surface area (Å²) < 4.78 is 0. The lowest BCUT2D eigenvalue weighted by Gasteiger charge is -2.34. The van der Waals surface area contributed by atoms with Crippen molar-refractivity contribution >= 4 is 11.7 Å². The van der Waals surface area contributed by atoms with Crippen molar-refractivity contribution in [3.8, 4) is 6.07 Å². The number of hydrogen-bond acceptors (Lipinski definition) is 4. The molecule has 40 heavy (non-hydrogen) atoms. The predicted molar refractivity (Wildman–Crippen MR) is 165 cm³/mol. The van der Waals surface area contributed by atoms with Crippen LogP contribution in [0.4, 0.5) is 0 Å². The van der Waals surface area contributed by atoms with Gasteiger partial charge in [0.15, 0.2) is 12.0 Å². The van der Waals surface area contributed by atoms with E-state index in [-0.39, 0.29) is 6.17 Å². The monoisotopic (exact) mass is 524 g/mol. The van der Waals surface area contributed by atoms with Gasteiger partial charge in [-0.2, -0.15) is 5.26 Å². The van der Waals surface area contributed by atoms with Gasteiger partial charge in [-0.3, -0.25) is 0 Å². The number of hydrogen-bond donors (Lipinski definition) is 0. The van der Waals surface area contributed by atoms with Gasteiger partial charge in [0.1, 0.15) is 5.84 Å². The average Bonchev–Trinajstić information content (AvgIpc) is 3.02. The Hall–Kier alpha value is -4.49. The molecule has 4 heteroatoms. The van der Waals surface area contributed by atoms with E-state index in [0.29, 0.717) is 11.8 Å². The molecular formula is C36H36N4. The maximum atomic E-state index is 9.33. The summed E-state index contributed by atoms with van der Waals surface area (Å²) in [5.41, 5.74) is 6.64. The van der Waals surface area contributed by atoms with Crippen molar-refractivity contribution < 1.29 is 0 Å². The smallest absolute Gasteiger partial charge is 0.159 e. The fourth-order valence-electron chi connectivity index (χ4n) is 5.62. The summed E-state index contributed by atoms with van der Waals surface area (Å²) in [5, 5.41) is 9.33. The van der Waals surface area contributed by atoms with Gasteiger partial charge in [-0.25, -0.2) is 9.98 Å². The maximum Gasteiger partial charge on any atom is 0.159 e. The summed E-state index contributed by atoms with van der Waals surface area (Å²) in [5.74, 6) is 2.47. The lowest BCUT2D eigenvalue weighted by Crippen LogP contribution is -2.36. The van der Waals surface area contributed by atoms with E-state index in [1.54, 1.807) is 0 Å². The first-order valence-electron chi connectivity index (χ1n) is 14.2. The Morgan fingerprint density at radius 1 is 0.825 bits per heavy atom. The van der Waals surface area contributed by atoms with Crippen molar-refractivity contribution in [3.63, 3.8) is 0 Å². The van der Waals surface area contributed by atoms with E-state index in [9.17, 15) is 5.26 Å². The highest BCUT2D eigenvalue weighted by atomic mass is 15.3. The van der Waals surface area contributed by atoms with Crippen molar-refractivity contribution in [1.82, 2.24) is 4.90 Å². The molecule has 1 heterocycles. The first kappa shape index (κ1) is 27.1. The molecule has 1 aliphatic heterocycles. The number of amidine groups is 2. The molecule has 0 spiro atoms. The summed E-state index contributed by atoms with van der Waals surface area (Å²) in [4.78, 5) is 12.5. The van der Waals surface area contributed by atoms with Gasteiger partial charge in [0.05, 0.1) is 11.6 Å². The van der Waals surface area contributed by atoms with Gasteiger partial charge in [-0.05, 0) is 54.4 Å². The normalized spacial score (nSPS) is 16.4. The van der Waals surface area contributed by atoms with Crippen LogP contribution in [0.25, 0.3) is 0 Å². The minimum atomic E-state index is -0.183. The molecule has 5 rings (SSSR count). The third-order valence-corrected chi connectivity index (χ3v) is 7.96. The van der Waals surface area contributed by atoms with E-state index in [1.165, 1.54) is 16.7 Å². The van der Waals surface area contributed by atoms with Gasteiger partial charge in [0, 0.05) is 23.7 Å². The topological polar surface area (TPSA) is 51.8 Å². The lowest BCUT2D eigenvalue weighted by atomic mass is 9.84. The molecule has 200 valence electrons. The molecule has 4 nitrogen and oxygen atoms in total. The van der Waals surface area contributed by atoms with Crippen LogP contribution in [0.15, 0.2) is 119 Å². The lowest BCUT2D eigenvalue weighted by molar-refractivity contribution is 0.377. The second-order valence-corrected chi connectivity index (χ2v) is 10.6. The Bertz CT molecular complexity index is 1530. The van der Waals surface area contributed by atoms with E-state index in [2.05, 4.69) is 98.6 Å². The van der Waals surface area contributed by atoms with Crippen LogP contribution in [-0.2, 0) is 0 Å². The highest BCUT2D eigenvalue weighted by Gasteiger charge is 2.29. The molecule has 4 aromatic carbocycles. The Labute approximate surface area is 238 Å². The van der Waals surface area contributed by atoms with Gasteiger partial charge in [-0.15, -0.1) is 0 Å². The number of nitriles is 1. The molecule has 0 fully saturated rings. The van der Waals surface area contributed by atoms with Crippen LogP contribution in [-0.4, -0.2) is 23.6 Å². The van der Waals surface area contributed by atoms with Crippen molar-refractivity contribution in [1.29, 1.82) is 5.26 Å². The molecule has 4 aromatic rings. The molecule has 3 unspecified atom stereocenters. The van der Waals surface area contributed by atoms with E-state index in [4.69, 9.17) is 9.98 Å². The third-order valence-electron chi connectivity index (χ3n) is 7.96. The van der Waals surface area contributed by atoms with Crippen LogP contribution in [0.1, 0.15) is 84.5 Å². The molecule has 0 N–H and O–H groups in total. The quantitative estimate of drug-likeness (QED) is 0.220. The Morgan fingerprint density at radius 2 is 1.50 bits per heavy atom. The molecule has 0 amide bonds. The van der Waals surface area contributed by atoms with E-state index in [1.807, 2.05) is 42.5 Å². The summed E-state index contributed by atoms with van der Waals surface area (Å²) in [7, 11) is 2.10.